The highest BCUT2D eigenvalue weighted by Crippen LogP contribution is 2.38. The van der Waals surface area contributed by atoms with E-state index in [0.29, 0.717) is 10.6 Å². The zero-order valence-electron chi connectivity index (χ0n) is 14.9. The van der Waals surface area contributed by atoms with Gasteiger partial charge in [-0.25, -0.2) is 4.79 Å². The van der Waals surface area contributed by atoms with Gasteiger partial charge in [0.1, 0.15) is 5.00 Å². The van der Waals surface area contributed by atoms with Gasteiger partial charge in [-0.05, 0) is 49.6 Å². The molecule has 1 amide bonds. The third kappa shape index (κ3) is 4.04. The fourth-order valence-electron chi connectivity index (χ4n) is 3.11. The molecule has 2 N–H and O–H groups in total. The van der Waals surface area contributed by atoms with Gasteiger partial charge in [-0.15, -0.1) is 23.1 Å². The second-order valence-corrected chi connectivity index (χ2v) is 7.96. The van der Waals surface area contributed by atoms with Crippen LogP contribution in [0.4, 0.5) is 10.7 Å². The van der Waals surface area contributed by atoms with E-state index in [-0.39, 0.29) is 18.4 Å². The molecule has 1 aliphatic carbocycles. The fraction of sp³-hybridized carbons (Fsp3) is 0.368. The van der Waals surface area contributed by atoms with Crippen molar-refractivity contribution in [1.29, 1.82) is 0 Å². The number of thiophene rings is 1. The van der Waals surface area contributed by atoms with Crippen molar-refractivity contribution in [3.05, 3.63) is 40.3 Å². The lowest BCUT2D eigenvalue weighted by molar-refractivity contribution is -0.114. The number of carbonyl (C=O) groups is 2. The maximum absolute atomic E-state index is 12.4. The molecule has 0 atom stereocenters. The van der Waals surface area contributed by atoms with Gasteiger partial charge < -0.3 is 15.4 Å². The number of rotatable bonds is 6. The average Bonchev–Trinajstić information content (AvgIpc) is 3.03. The molecule has 1 aromatic carbocycles. The van der Waals surface area contributed by atoms with Crippen LogP contribution in [-0.4, -0.2) is 31.8 Å². The predicted molar refractivity (Wildman–Crippen MR) is 108 cm³/mol. The van der Waals surface area contributed by atoms with Crippen molar-refractivity contribution in [3.8, 4) is 0 Å². The number of benzene rings is 1. The van der Waals surface area contributed by atoms with Crippen LogP contribution in [0.15, 0.2) is 29.2 Å². The molecular weight excluding hydrogens is 368 g/mol. The van der Waals surface area contributed by atoms with Crippen molar-refractivity contribution < 1.29 is 14.3 Å². The van der Waals surface area contributed by atoms with Crippen molar-refractivity contribution >= 4 is 45.7 Å². The number of thioether (sulfide) groups is 1. The minimum absolute atomic E-state index is 0.140. The van der Waals surface area contributed by atoms with Gasteiger partial charge in [-0.3, -0.25) is 4.79 Å². The maximum Gasteiger partial charge on any atom is 0.341 e. The zero-order chi connectivity index (χ0) is 18.5. The van der Waals surface area contributed by atoms with E-state index in [0.717, 1.165) is 41.8 Å². The molecule has 0 spiro atoms. The Balaban J connectivity index is 1.73. The highest BCUT2D eigenvalue weighted by atomic mass is 32.2. The van der Waals surface area contributed by atoms with Crippen LogP contribution in [0.25, 0.3) is 0 Å². The van der Waals surface area contributed by atoms with Gasteiger partial charge in [-0.2, -0.15) is 0 Å². The Morgan fingerprint density at radius 2 is 2.00 bits per heavy atom. The molecule has 1 heterocycles. The van der Waals surface area contributed by atoms with E-state index >= 15 is 0 Å². The van der Waals surface area contributed by atoms with Crippen molar-refractivity contribution in [1.82, 2.24) is 0 Å². The highest BCUT2D eigenvalue weighted by Gasteiger charge is 2.26. The van der Waals surface area contributed by atoms with E-state index in [2.05, 4.69) is 10.6 Å². The average molecular weight is 391 g/mol. The Hall–Kier alpha value is -1.99. The van der Waals surface area contributed by atoms with Crippen molar-refractivity contribution in [2.75, 3.05) is 30.5 Å². The summed E-state index contributed by atoms with van der Waals surface area (Å²) in [6.07, 6.45) is 6.01. The van der Waals surface area contributed by atoms with Crippen molar-refractivity contribution in [2.45, 2.75) is 30.6 Å². The summed E-state index contributed by atoms with van der Waals surface area (Å²) in [4.78, 5) is 26.9. The van der Waals surface area contributed by atoms with Crippen LogP contribution < -0.4 is 10.6 Å². The van der Waals surface area contributed by atoms with E-state index in [1.54, 1.807) is 11.8 Å². The zero-order valence-corrected chi connectivity index (χ0v) is 16.5. The predicted octanol–water partition coefficient (Wildman–Crippen LogP) is 4.19. The summed E-state index contributed by atoms with van der Waals surface area (Å²) in [5.41, 5.74) is 2.50. The van der Waals surface area contributed by atoms with Crippen LogP contribution in [0, 0.1) is 0 Å². The lowest BCUT2D eigenvalue weighted by Crippen LogP contribution is -2.22. The summed E-state index contributed by atoms with van der Waals surface area (Å²) >= 11 is 3.12. The molecule has 0 fully saturated rings. The van der Waals surface area contributed by atoms with Crippen LogP contribution in [-0.2, 0) is 22.4 Å². The molecule has 0 saturated heterocycles. The first-order valence-electron chi connectivity index (χ1n) is 8.53. The van der Waals surface area contributed by atoms with Crippen LogP contribution in [0.1, 0.15) is 33.6 Å². The number of anilines is 2. The molecule has 1 aliphatic rings. The number of carbonyl (C=O) groups excluding carboxylic acids is 2. The normalized spacial score (nSPS) is 13.0. The van der Waals surface area contributed by atoms with Crippen LogP contribution in [0.3, 0.4) is 0 Å². The number of methoxy groups -OCH3 is 1. The minimum Gasteiger partial charge on any atom is -0.465 e. The first-order valence-corrected chi connectivity index (χ1v) is 10.6. The van der Waals surface area contributed by atoms with Crippen molar-refractivity contribution in [2.24, 2.45) is 0 Å². The Morgan fingerprint density at radius 1 is 1.23 bits per heavy atom. The van der Waals surface area contributed by atoms with E-state index in [4.69, 9.17) is 4.74 Å². The van der Waals surface area contributed by atoms with Gasteiger partial charge in [-0.1, -0.05) is 12.1 Å². The first-order chi connectivity index (χ1) is 12.6. The summed E-state index contributed by atoms with van der Waals surface area (Å²) in [6.45, 7) is 0.140. The number of esters is 1. The third-order valence-corrected chi connectivity index (χ3v) is 6.36. The van der Waals surface area contributed by atoms with Crippen LogP contribution in [0.5, 0.6) is 0 Å². The van der Waals surface area contributed by atoms with Gasteiger partial charge in [0.15, 0.2) is 0 Å². The molecule has 0 saturated carbocycles. The number of ether oxygens (including phenoxy) is 1. The molecule has 0 radical (unpaired) electrons. The maximum atomic E-state index is 12.4. The number of nitrogens with one attached hydrogen (secondary N) is 2. The largest absolute Gasteiger partial charge is 0.465 e. The topological polar surface area (TPSA) is 67.4 Å². The molecule has 138 valence electrons. The molecule has 0 bridgehead atoms. The Bertz CT molecular complexity index is 817. The van der Waals surface area contributed by atoms with Crippen molar-refractivity contribution in [3.63, 3.8) is 0 Å². The highest BCUT2D eigenvalue weighted by molar-refractivity contribution is 7.98. The van der Waals surface area contributed by atoms with E-state index in [1.807, 2.05) is 30.5 Å². The standard InChI is InChI=1S/C19H22N2O3S2/c1-24-19(23)17-12-7-3-5-9-14(12)26-18(17)21-16(22)11-20-13-8-4-6-10-15(13)25-2/h4,6,8,10,20H,3,5,7,9,11H2,1-2H3,(H,21,22). The Labute approximate surface area is 161 Å². The Kier molecular flexibility index (Phi) is 6.21. The van der Waals surface area contributed by atoms with Crippen LogP contribution in [0.2, 0.25) is 0 Å². The van der Waals surface area contributed by atoms with Gasteiger partial charge in [0.25, 0.3) is 0 Å². The van der Waals surface area contributed by atoms with Crippen LogP contribution >= 0.6 is 23.1 Å². The monoisotopic (exact) mass is 390 g/mol. The minimum atomic E-state index is -0.375. The number of amides is 1. The van der Waals surface area contributed by atoms with E-state index in [9.17, 15) is 9.59 Å². The molecule has 1 aromatic heterocycles. The number of fused-ring (bicyclic) bond motifs is 1. The number of hydrogen-bond donors (Lipinski definition) is 2. The molecule has 0 aliphatic heterocycles. The van der Waals surface area contributed by atoms with Gasteiger partial charge in [0.05, 0.1) is 19.2 Å². The lowest BCUT2D eigenvalue weighted by Gasteiger charge is -2.12. The SMILES string of the molecule is COC(=O)c1c(NC(=O)CNc2ccccc2SC)sc2c1CCCC2. The molecular formula is C19H22N2O3S2. The van der Waals surface area contributed by atoms with E-state index in [1.165, 1.54) is 23.3 Å². The summed E-state index contributed by atoms with van der Waals surface area (Å²) in [7, 11) is 1.38. The molecule has 2 aromatic rings. The second kappa shape index (κ2) is 8.60. The smallest absolute Gasteiger partial charge is 0.341 e. The van der Waals surface area contributed by atoms with E-state index < -0.39 is 0 Å². The first kappa shape index (κ1) is 18.8. The second-order valence-electron chi connectivity index (χ2n) is 6.01. The van der Waals surface area contributed by atoms with Gasteiger partial charge in [0.2, 0.25) is 5.91 Å². The molecule has 26 heavy (non-hydrogen) atoms. The third-order valence-electron chi connectivity index (χ3n) is 4.36. The molecule has 7 heteroatoms. The lowest BCUT2D eigenvalue weighted by atomic mass is 9.95. The summed E-state index contributed by atoms with van der Waals surface area (Å²) in [5.74, 6) is -0.551. The Morgan fingerprint density at radius 3 is 2.77 bits per heavy atom. The quantitative estimate of drug-likeness (QED) is 0.572. The molecule has 3 rings (SSSR count). The summed E-state index contributed by atoms with van der Waals surface area (Å²) < 4.78 is 4.94. The van der Waals surface area contributed by atoms with Gasteiger partial charge in [0, 0.05) is 15.5 Å². The molecule has 0 unspecified atom stereocenters. The molecule has 5 nitrogen and oxygen atoms in total. The van der Waals surface area contributed by atoms with Gasteiger partial charge >= 0.3 is 5.97 Å². The number of aryl methyl sites for hydroxylation is 1. The summed E-state index contributed by atoms with van der Waals surface area (Å²) in [5, 5.41) is 6.67. The fourth-order valence-corrected chi connectivity index (χ4v) is 4.98. The number of hydrogen-bond acceptors (Lipinski definition) is 6. The number of para-hydroxylation sites is 1. The summed E-state index contributed by atoms with van der Waals surface area (Å²) in [6, 6.07) is 7.86.